The summed E-state index contributed by atoms with van der Waals surface area (Å²) in [6.45, 7) is 9.23. The average molecular weight is 237 g/mol. The van der Waals surface area contributed by atoms with Crippen molar-refractivity contribution in [3.63, 3.8) is 0 Å². The number of rotatable bonds is 5. The Hall–Kier alpha value is -1.00. The lowest BCUT2D eigenvalue weighted by atomic mass is 9.83. The summed E-state index contributed by atoms with van der Waals surface area (Å²) < 4.78 is 5.88. The Balaban J connectivity index is 2.98. The fourth-order valence-electron chi connectivity index (χ4n) is 1.95. The van der Waals surface area contributed by atoms with Crippen LogP contribution in [0.3, 0.4) is 0 Å². The number of likely N-dealkylation sites (N-methyl/N-ethyl adjacent to an activating group) is 1. The Bertz CT molecular complexity index is 321. The quantitative estimate of drug-likeness (QED) is 0.852. The number of hydrogen-bond donors (Lipinski definition) is 1. The molecule has 1 heterocycles. The van der Waals surface area contributed by atoms with Crippen molar-refractivity contribution < 1.29 is 4.74 Å². The van der Waals surface area contributed by atoms with E-state index in [-0.39, 0.29) is 17.6 Å². The van der Waals surface area contributed by atoms with Crippen molar-refractivity contribution in [2.24, 2.45) is 5.41 Å². The number of nitrogens with one attached hydrogen (secondary N) is 1. The van der Waals surface area contributed by atoms with Crippen LogP contribution in [0.4, 0.5) is 0 Å². The van der Waals surface area contributed by atoms with Crippen LogP contribution in [-0.4, -0.2) is 29.7 Å². The van der Waals surface area contributed by atoms with Crippen molar-refractivity contribution in [2.75, 3.05) is 13.7 Å². The molecule has 0 fully saturated rings. The second-order valence-electron chi connectivity index (χ2n) is 5.14. The SMILES string of the molecule is CCOC(C(NC)c1cnccn1)C(C)(C)C. The van der Waals surface area contributed by atoms with Gasteiger partial charge in [0, 0.05) is 19.0 Å². The van der Waals surface area contributed by atoms with E-state index in [1.165, 1.54) is 0 Å². The van der Waals surface area contributed by atoms with E-state index in [2.05, 4.69) is 36.1 Å². The van der Waals surface area contributed by atoms with E-state index in [9.17, 15) is 0 Å². The molecule has 1 rings (SSSR count). The summed E-state index contributed by atoms with van der Waals surface area (Å²) in [5.74, 6) is 0. The largest absolute Gasteiger partial charge is 0.376 e. The number of hydrogen-bond acceptors (Lipinski definition) is 4. The zero-order valence-electron chi connectivity index (χ0n) is 11.4. The van der Waals surface area contributed by atoms with Gasteiger partial charge in [0.1, 0.15) is 0 Å². The Morgan fingerprint density at radius 1 is 1.35 bits per heavy atom. The number of ether oxygens (including phenoxy) is 1. The van der Waals surface area contributed by atoms with Crippen molar-refractivity contribution in [1.82, 2.24) is 15.3 Å². The maximum atomic E-state index is 5.88. The van der Waals surface area contributed by atoms with Gasteiger partial charge in [0.15, 0.2) is 0 Å². The first kappa shape index (κ1) is 14.1. The second kappa shape index (κ2) is 6.07. The third-order valence-electron chi connectivity index (χ3n) is 2.72. The molecule has 2 atom stereocenters. The molecule has 96 valence electrons. The smallest absolute Gasteiger partial charge is 0.0833 e. The molecule has 1 aromatic rings. The molecule has 1 N–H and O–H groups in total. The maximum absolute atomic E-state index is 5.88. The molecule has 4 nitrogen and oxygen atoms in total. The summed E-state index contributed by atoms with van der Waals surface area (Å²) in [4.78, 5) is 8.48. The molecule has 0 aliphatic carbocycles. The fraction of sp³-hybridized carbons (Fsp3) is 0.692. The van der Waals surface area contributed by atoms with E-state index in [1.807, 2.05) is 14.0 Å². The van der Waals surface area contributed by atoms with Crippen LogP contribution in [-0.2, 0) is 4.74 Å². The van der Waals surface area contributed by atoms with Crippen LogP contribution in [0.5, 0.6) is 0 Å². The molecule has 0 saturated heterocycles. The summed E-state index contributed by atoms with van der Waals surface area (Å²) in [6.07, 6.45) is 5.25. The zero-order valence-corrected chi connectivity index (χ0v) is 11.4. The van der Waals surface area contributed by atoms with Crippen LogP contribution in [0, 0.1) is 5.41 Å². The lowest BCUT2D eigenvalue weighted by molar-refractivity contribution is -0.0360. The first-order valence-corrected chi connectivity index (χ1v) is 6.05. The van der Waals surface area contributed by atoms with Crippen LogP contribution in [0.25, 0.3) is 0 Å². The minimum absolute atomic E-state index is 0.0429. The highest BCUT2D eigenvalue weighted by Crippen LogP contribution is 2.31. The molecule has 0 radical (unpaired) electrons. The number of aromatic nitrogens is 2. The first-order valence-electron chi connectivity index (χ1n) is 6.05. The molecule has 0 saturated carbocycles. The van der Waals surface area contributed by atoms with Gasteiger partial charge in [0.25, 0.3) is 0 Å². The molecular formula is C13H23N3O. The normalized spacial score (nSPS) is 15.6. The Morgan fingerprint density at radius 3 is 2.47 bits per heavy atom. The lowest BCUT2D eigenvalue weighted by Gasteiger charge is -2.36. The topological polar surface area (TPSA) is 47.0 Å². The molecule has 2 unspecified atom stereocenters. The maximum Gasteiger partial charge on any atom is 0.0833 e. The molecule has 4 heteroatoms. The Morgan fingerprint density at radius 2 is 2.06 bits per heavy atom. The molecule has 0 aromatic carbocycles. The summed E-state index contributed by atoms with van der Waals surface area (Å²) in [7, 11) is 1.93. The molecule has 1 aromatic heterocycles. The molecule has 17 heavy (non-hydrogen) atoms. The van der Waals surface area contributed by atoms with Crippen molar-refractivity contribution in [1.29, 1.82) is 0 Å². The predicted molar refractivity (Wildman–Crippen MR) is 68.7 cm³/mol. The summed E-state index contributed by atoms with van der Waals surface area (Å²) >= 11 is 0. The fourth-order valence-corrected chi connectivity index (χ4v) is 1.95. The Labute approximate surface area is 104 Å². The van der Waals surface area contributed by atoms with Crippen molar-refractivity contribution >= 4 is 0 Å². The minimum atomic E-state index is 0.0429. The highest BCUT2D eigenvalue weighted by atomic mass is 16.5. The van der Waals surface area contributed by atoms with Crippen LogP contribution < -0.4 is 5.32 Å². The van der Waals surface area contributed by atoms with E-state index in [4.69, 9.17) is 4.74 Å². The van der Waals surface area contributed by atoms with Gasteiger partial charge in [-0.25, -0.2) is 0 Å². The van der Waals surface area contributed by atoms with Gasteiger partial charge in [-0.3, -0.25) is 9.97 Å². The van der Waals surface area contributed by atoms with Crippen molar-refractivity contribution in [3.05, 3.63) is 24.3 Å². The van der Waals surface area contributed by atoms with E-state index in [0.717, 1.165) is 5.69 Å². The molecule has 0 aliphatic heterocycles. The third-order valence-corrected chi connectivity index (χ3v) is 2.72. The van der Waals surface area contributed by atoms with E-state index >= 15 is 0 Å². The minimum Gasteiger partial charge on any atom is -0.376 e. The highest BCUT2D eigenvalue weighted by molar-refractivity contribution is 5.06. The first-order chi connectivity index (χ1) is 8.00. The molecule has 0 bridgehead atoms. The highest BCUT2D eigenvalue weighted by Gasteiger charge is 2.33. The standard InChI is InChI=1S/C13H23N3O/c1-6-17-12(13(2,3)4)11(14-5)10-9-15-7-8-16-10/h7-9,11-12,14H,6H2,1-5H3. The van der Waals surface area contributed by atoms with Crippen molar-refractivity contribution in [3.8, 4) is 0 Å². The average Bonchev–Trinajstić information content (AvgIpc) is 2.29. The molecule has 0 amide bonds. The van der Waals surface area contributed by atoms with Crippen LogP contribution in [0.15, 0.2) is 18.6 Å². The van der Waals surface area contributed by atoms with E-state index in [0.29, 0.717) is 6.61 Å². The van der Waals surface area contributed by atoms with Gasteiger partial charge in [-0.15, -0.1) is 0 Å². The van der Waals surface area contributed by atoms with Crippen molar-refractivity contribution in [2.45, 2.75) is 39.8 Å². The second-order valence-corrected chi connectivity index (χ2v) is 5.14. The van der Waals surface area contributed by atoms with Gasteiger partial charge < -0.3 is 10.1 Å². The Kier molecular flexibility index (Phi) is 5.02. The molecular weight excluding hydrogens is 214 g/mol. The van der Waals surface area contributed by atoms with Crippen LogP contribution in [0.1, 0.15) is 39.4 Å². The van der Waals surface area contributed by atoms with Gasteiger partial charge in [-0.05, 0) is 19.4 Å². The third kappa shape index (κ3) is 3.75. The lowest BCUT2D eigenvalue weighted by Crippen LogP contribution is -2.41. The summed E-state index contributed by atoms with van der Waals surface area (Å²) in [5, 5.41) is 3.28. The van der Waals surface area contributed by atoms with Gasteiger partial charge in [0.05, 0.1) is 24.0 Å². The summed E-state index contributed by atoms with van der Waals surface area (Å²) in [5.41, 5.74) is 0.963. The van der Waals surface area contributed by atoms with E-state index < -0.39 is 0 Å². The van der Waals surface area contributed by atoms with E-state index in [1.54, 1.807) is 18.6 Å². The van der Waals surface area contributed by atoms with Crippen LogP contribution in [0.2, 0.25) is 0 Å². The van der Waals surface area contributed by atoms with Gasteiger partial charge in [-0.1, -0.05) is 20.8 Å². The molecule has 0 aliphatic rings. The zero-order chi connectivity index (χ0) is 12.9. The van der Waals surface area contributed by atoms with Gasteiger partial charge >= 0.3 is 0 Å². The van der Waals surface area contributed by atoms with Crippen LogP contribution >= 0.6 is 0 Å². The predicted octanol–water partition coefficient (Wildman–Crippen LogP) is 2.19. The number of nitrogens with zero attached hydrogens (tertiary/aromatic N) is 2. The molecule has 0 spiro atoms. The monoisotopic (exact) mass is 237 g/mol. The van der Waals surface area contributed by atoms with Gasteiger partial charge in [0.2, 0.25) is 0 Å². The summed E-state index contributed by atoms with van der Waals surface area (Å²) in [6, 6.07) is 0.0589. The van der Waals surface area contributed by atoms with Gasteiger partial charge in [-0.2, -0.15) is 0 Å².